The van der Waals surface area contributed by atoms with Crippen molar-refractivity contribution in [3.05, 3.63) is 52.1 Å². The molecule has 2 heterocycles. The molecule has 1 aliphatic rings. The molecule has 3 nitrogen and oxygen atoms in total. The molecule has 0 spiro atoms. The number of benzene rings is 1. The minimum absolute atomic E-state index is 0.527. The van der Waals surface area contributed by atoms with Gasteiger partial charge in [0.2, 0.25) is 0 Å². The Kier molecular flexibility index (Phi) is 4.24. The highest BCUT2D eigenvalue weighted by Crippen LogP contribution is 2.26. The Labute approximate surface area is 127 Å². The molecule has 0 atom stereocenters. The van der Waals surface area contributed by atoms with Crippen LogP contribution >= 0.6 is 23.4 Å². The van der Waals surface area contributed by atoms with Gasteiger partial charge in [0.05, 0.1) is 24.7 Å². The summed E-state index contributed by atoms with van der Waals surface area (Å²) >= 11 is 7.94. The number of hydrogen-bond acceptors (Lipinski definition) is 4. The first-order valence-electron chi connectivity index (χ1n) is 6.54. The molecule has 3 rings (SSSR count). The molecule has 1 aromatic carbocycles. The lowest BCUT2D eigenvalue weighted by Gasteiger charge is -2.17. The first-order valence-corrected chi connectivity index (χ1v) is 7.90. The summed E-state index contributed by atoms with van der Waals surface area (Å²) in [4.78, 5) is 10.2. The van der Waals surface area contributed by atoms with Crippen molar-refractivity contribution >= 4 is 23.4 Å². The van der Waals surface area contributed by atoms with Crippen LogP contribution in [0, 0.1) is 6.92 Å². The maximum Gasteiger partial charge on any atom is 0.140 e. The fourth-order valence-corrected chi connectivity index (χ4v) is 3.10. The van der Waals surface area contributed by atoms with Crippen molar-refractivity contribution in [2.45, 2.75) is 30.6 Å². The summed E-state index contributed by atoms with van der Waals surface area (Å²) in [5.41, 5.74) is 3.25. The van der Waals surface area contributed by atoms with Crippen molar-refractivity contribution in [1.82, 2.24) is 9.97 Å². The van der Waals surface area contributed by atoms with E-state index in [9.17, 15) is 0 Å². The predicted molar refractivity (Wildman–Crippen MR) is 81.1 cm³/mol. The molecule has 0 radical (unpaired) electrons. The number of aromatic nitrogens is 2. The largest absolute Gasteiger partial charge is 0.376 e. The van der Waals surface area contributed by atoms with E-state index in [1.165, 1.54) is 10.5 Å². The number of thioether (sulfide) groups is 1. The Morgan fingerprint density at radius 1 is 1.25 bits per heavy atom. The van der Waals surface area contributed by atoms with Gasteiger partial charge in [0.15, 0.2) is 0 Å². The van der Waals surface area contributed by atoms with E-state index in [0.29, 0.717) is 18.4 Å². The Balaban J connectivity index is 1.74. The maximum atomic E-state index is 6.21. The van der Waals surface area contributed by atoms with Crippen molar-refractivity contribution in [2.75, 3.05) is 6.61 Å². The molecule has 0 saturated heterocycles. The van der Waals surface area contributed by atoms with Crippen molar-refractivity contribution in [3.8, 4) is 0 Å². The summed E-state index contributed by atoms with van der Waals surface area (Å²) in [5, 5.41) is 0.536. The molecule has 0 amide bonds. The summed E-state index contributed by atoms with van der Waals surface area (Å²) in [7, 11) is 0. The molecule has 104 valence electrons. The van der Waals surface area contributed by atoms with E-state index < -0.39 is 0 Å². The van der Waals surface area contributed by atoms with Crippen LogP contribution in [-0.4, -0.2) is 16.6 Å². The van der Waals surface area contributed by atoms with Gasteiger partial charge in [-0.3, -0.25) is 0 Å². The van der Waals surface area contributed by atoms with E-state index in [0.717, 1.165) is 29.3 Å². The average molecular weight is 307 g/mol. The normalized spacial score (nSPS) is 14.1. The molecule has 20 heavy (non-hydrogen) atoms. The number of nitrogens with zero attached hydrogens (tertiary/aromatic N) is 2. The van der Waals surface area contributed by atoms with Gasteiger partial charge < -0.3 is 4.74 Å². The third kappa shape index (κ3) is 3.14. The van der Waals surface area contributed by atoms with E-state index in [4.69, 9.17) is 16.3 Å². The molecular weight excluding hydrogens is 292 g/mol. The summed E-state index contributed by atoms with van der Waals surface area (Å²) < 4.78 is 5.39. The zero-order valence-corrected chi connectivity index (χ0v) is 12.8. The fraction of sp³-hybridized carbons (Fsp3) is 0.333. The molecule has 0 aliphatic carbocycles. The monoisotopic (exact) mass is 306 g/mol. The topological polar surface area (TPSA) is 35.0 Å². The average Bonchev–Trinajstić information content (AvgIpc) is 2.47. The van der Waals surface area contributed by atoms with Gasteiger partial charge in [0.1, 0.15) is 11.0 Å². The van der Waals surface area contributed by atoms with Crippen LogP contribution in [-0.2, 0) is 23.5 Å². The van der Waals surface area contributed by atoms with Gasteiger partial charge in [-0.25, -0.2) is 9.97 Å². The second-order valence-corrected chi connectivity index (χ2v) is 6.17. The number of ether oxygens (including phenoxy) is 1. The number of fused-ring (bicyclic) bond motifs is 1. The molecule has 0 bridgehead atoms. The number of rotatable bonds is 3. The molecule has 1 aromatic heterocycles. The summed E-state index contributed by atoms with van der Waals surface area (Å²) in [6, 6.07) is 8.46. The Morgan fingerprint density at radius 3 is 2.85 bits per heavy atom. The van der Waals surface area contributed by atoms with Crippen molar-refractivity contribution in [3.63, 3.8) is 0 Å². The van der Waals surface area contributed by atoms with Crippen LogP contribution in [0.25, 0.3) is 0 Å². The van der Waals surface area contributed by atoms with Crippen LogP contribution in [0.3, 0.4) is 0 Å². The first kappa shape index (κ1) is 13.9. The Hall–Kier alpha value is -1.10. The van der Waals surface area contributed by atoms with E-state index in [1.54, 1.807) is 11.8 Å². The molecule has 5 heteroatoms. The molecule has 0 N–H and O–H groups in total. The highest BCUT2D eigenvalue weighted by atomic mass is 35.5. The number of halogens is 1. The van der Waals surface area contributed by atoms with Crippen LogP contribution in [0.4, 0.5) is 0 Å². The second-order valence-electron chi connectivity index (χ2n) is 4.76. The SMILES string of the molecule is Cc1ccc(SCc2nc(Cl)c3c(n2)CCOC3)cc1. The van der Waals surface area contributed by atoms with Gasteiger partial charge in [0, 0.05) is 16.9 Å². The predicted octanol–water partition coefficient (Wildman–Crippen LogP) is 3.80. The lowest BCUT2D eigenvalue weighted by molar-refractivity contribution is 0.109. The van der Waals surface area contributed by atoms with E-state index in [-0.39, 0.29) is 0 Å². The van der Waals surface area contributed by atoms with Crippen molar-refractivity contribution in [1.29, 1.82) is 0 Å². The van der Waals surface area contributed by atoms with E-state index >= 15 is 0 Å². The smallest absolute Gasteiger partial charge is 0.140 e. The molecular formula is C15H15ClN2OS. The number of hydrogen-bond donors (Lipinski definition) is 0. The van der Waals surface area contributed by atoms with Crippen LogP contribution in [0.2, 0.25) is 5.15 Å². The van der Waals surface area contributed by atoms with Crippen molar-refractivity contribution < 1.29 is 4.74 Å². The van der Waals surface area contributed by atoms with Gasteiger partial charge in [0.25, 0.3) is 0 Å². The van der Waals surface area contributed by atoms with Crippen LogP contribution in [0.1, 0.15) is 22.6 Å². The highest BCUT2D eigenvalue weighted by molar-refractivity contribution is 7.98. The van der Waals surface area contributed by atoms with Crippen LogP contribution in [0.5, 0.6) is 0 Å². The van der Waals surface area contributed by atoms with Gasteiger partial charge in [-0.05, 0) is 19.1 Å². The Morgan fingerprint density at radius 2 is 2.05 bits per heavy atom. The number of aryl methyl sites for hydroxylation is 1. The minimum atomic E-state index is 0.527. The maximum absolute atomic E-state index is 6.21. The standard InChI is InChI=1S/C15H15ClN2OS/c1-10-2-4-11(5-3-10)20-9-14-17-13-6-7-19-8-12(13)15(16)18-14/h2-5H,6-9H2,1H3. The second kappa shape index (κ2) is 6.12. The van der Waals surface area contributed by atoms with Crippen molar-refractivity contribution in [2.24, 2.45) is 0 Å². The van der Waals surface area contributed by atoms with E-state index in [1.807, 2.05) is 0 Å². The molecule has 1 aliphatic heterocycles. The lowest BCUT2D eigenvalue weighted by atomic mass is 10.1. The van der Waals surface area contributed by atoms with Gasteiger partial charge in [-0.2, -0.15) is 0 Å². The fourth-order valence-electron chi connectivity index (χ4n) is 2.09. The molecule has 0 unspecified atom stereocenters. The van der Waals surface area contributed by atoms with Gasteiger partial charge in [-0.15, -0.1) is 11.8 Å². The van der Waals surface area contributed by atoms with E-state index in [2.05, 4.69) is 41.2 Å². The third-order valence-corrected chi connectivity index (χ3v) is 4.53. The summed E-state index contributed by atoms with van der Waals surface area (Å²) in [6.45, 7) is 3.33. The first-order chi connectivity index (χ1) is 9.72. The minimum Gasteiger partial charge on any atom is -0.376 e. The molecule has 2 aromatic rings. The summed E-state index contributed by atoms with van der Waals surface area (Å²) in [5.74, 6) is 1.53. The highest BCUT2D eigenvalue weighted by Gasteiger charge is 2.17. The Bertz CT molecular complexity index is 616. The molecule has 0 fully saturated rings. The zero-order valence-electron chi connectivity index (χ0n) is 11.2. The third-order valence-electron chi connectivity index (χ3n) is 3.21. The van der Waals surface area contributed by atoms with Gasteiger partial charge in [-0.1, -0.05) is 29.3 Å². The molecule has 0 saturated carbocycles. The lowest BCUT2D eigenvalue weighted by Crippen LogP contribution is -2.14. The quantitative estimate of drug-likeness (QED) is 0.638. The van der Waals surface area contributed by atoms with Crippen LogP contribution < -0.4 is 0 Å². The van der Waals surface area contributed by atoms with Crippen LogP contribution in [0.15, 0.2) is 29.2 Å². The zero-order chi connectivity index (χ0) is 13.9. The van der Waals surface area contributed by atoms with Gasteiger partial charge >= 0.3 is 0 Å². The summed E-state index contributed by atoms with van der Waals surface area (Å²) in [6.07, 6.45) is 0.819.